The van der Waals surface area contributed by atoms with E-state index in [0.29, 0.717) is 0 Å². The highest BCUT2D eigenvalue weighted by atomic mass is 32.3. The average Bonchev–Trinajstić information content (AvgIpc) is 0.758. The minimum absolute atomic E-state index is 1.08. The highest BCUT2D eigenvalue weighted by Gasteiger charge is 2.64. The number of carbonyl (C=O) groups is 4. The molecule has 8 fully saturated rings. The van der Waals surface area contributed by atoms with E-state index < -0.39 is 399 Å². The standard InChI is InChI=1S/C48H78N4O71S10/c53-13-5(1-103-128(85,86)87)107-42(9(14(13)54)49-124(73,74)75)116-28-19(59)21(61)46(119-34(28)38(66)67)112-24-6(2-104-129(88,89)90)108-44(10(15(24)55)50-125(76,77)78)117-29-22(62)31(122-132(97,98)99)48(120-35(29)39(68)69)114-26-8(4-106-131(94,95)96)110-45(12(17(26)57)52-127(82,83)84)118-30-23(63)32(123-133(100,101)102)47(121-36(30)40(70)71)113-25-7(3-105-130(91,92)93)109-43(11(16(25)56)51-126(79,80)81)115-27-18(58)20(60)41(72)111-33(27)37(64)65/h5-36,41-63,72H,1-4H2,(H,64,65)(H,66,67)(H,68,69)(H,70,71)(H,73,74,75)(H,76,77,78)(H,79,80,81)(H,82,83,84)(H,85,86,87)(H,88,89,90)(H,91,92,93)(H,94,95,96)(H,97,98,99)(H,100,101,102)/t5-,6-,7-,8-,9-,10-,11-,12-,13-,14-,15-,16-,17-,18-,19-,20-,21-,22+,23+,24-,25-,26-,27+,28+,29+,30+,31-,32-,33+,34+,35-,36-,41-,42-,43-,44-,45-,46-,47-,48-/m1/s1. The smallest absolute Gasteiger partial charge is 0.397 e. The van der Waals surface area contributed by atoms with E-state index in [4.69, 9.17) is 70.9 Å². The molecule has 75 nitrogen and oxygen atoms in total. The molecule has 0 unspecified atom stereocenters. The third kappa shape index (κ3) is 31.2. The molecule has 0 spiro atoms. The fourth-order valence-corrected chi connectivity index (χ4v) is 18.2. The summed E-state index contributed by atoms with van der Waals surface area (Å²) in [6, 6.07) is -12.0. The van der Waals surface area contributed by atoms with Crippen LogP contribution in [0.5, 0.6) is 0 Å². The molecule has 0 amide bonds. The van der Waals surface area contributed by atoms with Crippen LogP contribution >= 0.6 is 0 Å². The lowest BCUT2D eigenvalue weighted by Crippen LogP contribution is -2.71. The maximum absolute atomic E-state index is 13.4. The number of ether oxygens (including phenoxy) is 15. The zero-order valence-electron chi connectivity index (χ0n) is 64.0. The maximum Gasteiger partial charge on any atom is 0.397 e. The van der Waals surface area contributed by atoms with Gasteiger partial charge >= 0.3 is 127 Å². The van der Waals surface area contributed by atoms with Crippen molar-refractivity contribution in [3.8, 4) is 0 Å². The second-order valence-corrected chi connectivity index (χ2v) is 39.4. The molecule has 0 aromatic heterocycles. The van der Waals surface area contributed by atoms with Gasteiger partial charge in [0.15, 0.2) is 86.9 Å². The van der Waals surface area contributed by atoms with Gasteiger partial charge in [-0.05, 0) is 0 Å². The lowest BCUT2D eigenvalue weighted by atomic mass is 9.94. The van der Waals surface area contributed by atoms with E-state index in [0.717, 1.165) is 9.44 Å². The Labute approximate surface area is 741 Å². The molecule has 0 aromatic carbocycles. The number of carboxylic acids is 4. The van der Waals surface area contributed by atoms with Gasteiger partial charge in [-0.15, -0.1) is 0 Å². The van der Waals surface area contributed by atoms with Crippen LogP contribution in [0.2, 0.25) is 0 Å². The van der Waals surface area contributed by atoms with Crippen LogP contribution in [0.4, 0.5) is 0 Å². The second kappa shape index (κ2) is 43.5. The van der Waals surface area contributed by atoms with Gasteiger partial charge < -0.3 is 153 Å². The number of aliphatic carboxylic acids is 4. The third-order valence-electron chi connectivity index (χ3n) is 19.0. The summed E-state index contributed by atoms with van der Waals surface area (Å²) < 4.78 is 453. The summed E-state index contributed by atoms with van der Waals surface area (Å²) in [6.45, 7) is -7.54. The van der Waals surface area contributed by atoms with Crippen molar-refractivity contribution in [3.63, 3.8) is 0 Å². The topological polar surface area (TPSA) is 1180 Å². The molecule has 0 aliphatic carbocycles. The molecule has 0 saturated carbocycles. The van der Waals surface area contributed by atoms with Gasteiger partial charge in [0.2, 0.25) is 0 Å². The number of aliphatic hydroxyl groups excluding tert-OH is 12. The van der Waals surface area contributed by atoms with Crippen LogP contribution in [0, 0.1) is 0 Å². The first-order valence-corrected chi connectivity index (χ1v) is 49.0. The van der Waals surface area contributed by atoms with Gasteiger partial charge in [-0.2, -0.15) is 103 Å². The minimum atomic E-state index is -6.46. The van der Waals surface area contributed by atoms with Crippen LogP contribution in [-0.4, -0.2) is 507 Å². The van der Waals surface area contributed by atoms with E-state index in [-0.39, 0.29) is 0 Å². The molecule has 133 heavy (non-hydrogen) atoms. The highest BCUT2D eigenvalue weighted by molar-refractivity contribution is 7.85. The van der Waals surface area contributed by atoms with Crippen LogP contribution in [0.25, 0.3) is 0 Å². The summed E-state index contributed by atoms with van der Waals surface area (Å²) in [4.78, 5) is 51.8. The number of carboxylic acid groups (broad SMARTS) is 4. The highest BCUT2D eigenvalue weighted by Crippen LogP contribution is 2.42. The Bertz CT molecular complexity index is 5290. The monoisotopic (exact) mass is 2170 g/mol. The lowest BCUT2D eigenvalue weighted by molar-refractivity contribution is -0.379. The van der Waals surface area contributed by atoms with E-state index in [9.17, 15) is 226 Å². The molecule has 0 radical (unpaired) electrons. The predicted octanol–water partition coefficient (Wildman–Crippen LogP) is -21.5. The Morgan fingerprint density at radius 1 is 0.226 bits per heavy atom. The molecule has 85 heteroatoms. The number of aliphatic hydroxyl groups is 12. The molecule has 8 aliphatic heterocycles. The fraction of sp³-hybridized carbons (Fsp3) is 0.917. The Hall–Kier alpha value is -4.50. The third-order valence-corrected chi connectivity index (χ3v) is 24.0. The Morgan fingerprint density at radius 3 is 0.714 bits per heavy atom. The largest absolute Gasteiger partial charge is 0.479 e. The molecule has 776 valence electrons. The van der Waals surface area contributed by atoms with Gasteiger partial charge in [0, 0.05) is 0 Å². The van der Waals surface area contributed by atoms with Crippen LogP contribution in [0.1, 0.15) is 0 Å². The Balaban J connectivity index is 1.12. The zero-order valence-corrected chi connectivity index (χ0v) is 72.2. The SMILES string of the molecule is O=C(O)[C@H]1O[C@@H](O)[C@H](O)[C@@H](O)[C@@H]1O[C@H]1O[C@H](COS(=O)(=O)O)[C@@H](O[C@@H]2O[C@@H](C(=O)O)[C@@H](O[C@H]3O[C@H](COS(=O)(=O)O)[C@@H](O[C@@H]4O[C@@H](C(=O)O)[C@@H](O[C@H]5O[C@H](COS(=O)(=O)O)[C@@H](O[C@@H]6O[C@H](C(=O)O)[C@@H](O[C@H]7O[C@H](COS(=O)(=O)O)[C@@H](O)[C@H](O)[C@H]7NS(=O)(=O)O)[C@H](O)[C@H]6O)[C@H](O)[C@H]5NS(=O)(=O)O)[C@H](O)[C@H]4OS(=O)(=O)O)[C@H](O)[C@H]3NS(=O)(=O)O)[C@H](O)[C@H]2OS(=O)(=O)O)[C@H](O)[C@H]1NS(=O)(=O)O. The van der Waals surface area contributed by atoms with Crippen LogP contribution in [0.3, 0.4) is 0 Å². The normalized spacial score (nSPS) is 40.9. The lowest BCUT2D eigenvalue weighted by Gasteiger charge is -2.50. The van der Waals surface area contributed by atoms with E-state index in [1.54, 1.807) is 0 Å². The maximum atomic E-state index is 13.4. The zero-order chi connectivity index (χ0) is 101. The fourth-order valence-electron chi connectivity index (χ4n) is 13.6. The van der Waals surface area contributed by atoms with E-state index in [2.05, 4.69) is 29.8 Å². The Kier molecular flexibility index (Phi) is 37.2. The first kappa shape index (κ1) is 114. The second-order valence-electron chi connectivity index (χ2n) is 28.1. The van der Waals surface area contributed by atoms with Crippen molar-refractivity contribution in [3.05, 3.63) is 0 Å². The van der Waals surface area contributed by atoms with Crippen LogP contribution in [-0.2, 0) is 219 Å². The summed E-state index contributed by atoms with van der Waals surface area (Å²) in [5, 5.41) is 177. The summed E-state index contributed by atoms with van der Waals surface area (Å²) in [7, 11) is -60.1. The van der Waals surface area contributed by atoms with Crippen LogP contribution in [0.15, 0.2) is 0 Å². The molecule has 8 saturated heterocycles. The molecular formula is C48H78N4O71S10. The van der Waals surface area contributed by atoms with E-state index in [1.807, 2.05) is 0 Å². The summed E-state index contributed by atoms with van der Waals surface area (Å²) in [5.41, 5.74) is 0. The molecule has 8 rings (SSSR count). The van der Waals surface area contributed by atoms with Crippen molar-refractivity contribution in [1.29, 1.82) is 0 Å². The average molecular weight is 2170 g/mol. The number of hydrogen-bond acceptors (Lipinski definition) is 57. The van der Waals surface area contributed by atoms with Crippen molar-refractivity contribution >= 4 is 127 Å². The van der Waals surface area contributed by atoms with Crippen molar-refractivity contribution in [2.24, 2.45) is 0 Å². The van der Waals surface area contributed by atoms with Gasteiger partial charge in [0.1, 0.15) is 158 Å². The number of nitrogens with one attached hydrogen (secondary N) is 4. The van der Waals surface area contributed by atoms with Gasteiger partial charge in [-0.3, -0.25) is 45.5 Å². The van der Waals surface area contributed by atoms with Crippen molar-refractivity contribution in [2.45, 2.75) is 245 Å². The molecule has 40 atom stereocenters. The first-order chi connectivity index (χ1) is 60.4. The van der Waals surface area contributed by atoms with Gasteiger partial charge in [-0.1, -0.05) is 0 Å². The van der Waals surface area contributed by atoms with Gasteiger partial charge in [0.05, 0.1) is 26.4 Å². The summed E-state index contributed by atoms with van der Waals surface area (Å²) in [5.74, 6) is -9.94. The summed E-state index contributed by atoms with van der Waals surface area (Å²) in [6.07, 6.45) is -110. The summed E-state index contributed by atoms with van der Waals surface area (Å²) >= 11 is 0. The van der Waals surface area contributed by atoms with E-state index in [1.165, 1.54) is 9.44 Å². The van der Waals surface area contributed by atoms with Crippen LogP contribution < -0.4 is 18.9 Å². The Morgan fingerprint density at radius 2 is 0.451 bits per heavy atom. The minimum Gasteiger partial charge on any atom is -0.479 e. The number of hydrogen-bond donors (Lipinski definition) is 30. The van der Waals surface area contributed by atoms with Gasteiger partial charge in [-0.25, -0.2) is 44.3 Å². The molecule has 0 bridgehead atoms. The first-order valence-electron chi connectivity index (χ1n) is 35.1. The molecule has 8 aliphatic rings. The predicted molar refractivity (Wildman–Crippen MR) is 379 cm³/mol. The molecule has 0 aromatic rings. The molecular weight excluding hydrogens is 2090 g/mol. The quantitative estimate of drug-likeness (QED) is 0.0252. The van der Waals surface area contributed by atoms with Gasteiger partial charge in [0.25, 0.3) is 0 Å². The molecule has 30 N–H and O–H groups in total. The van der Waals surface area contributed by atoms with E-state index >= 15 is 0 Å². The van der Waals surface area contributed by atoms with Crippen molar-refractivity contribution in [2.75, 3.05) is 26.4 Å². The van der Waals surface area contributed by atoms with Crippen molar-refractivity contribution in [1.82, 2.24) is 18.9 Å². The number of rotatable bonds is 42. The van der Waals surface area contributed by atoms with Crippen molar-refractivity contribution < 1.29 is 327 Å². The molecule has 8 heterocycles.